The van der Waals surface area contributed by atoms with Crippen molar-refractivity contribution in [3.8, 4) is 5.75 Å². The van der Waals surface area contributed by atoms with Crippen LogP contribution in [0, 0.1) is 0 Å². The zero-order chi connectivity index (χ0) is 16.9. The molecule has 0 radical (unpaired) electrons. The fourth-order valence-corrected chi connectivity index (χ4v) is 2.29. The van der Waals surface area contributed by atoms with Gasteiger partial charge in [-0.1, -0.05) is 24.8 Å². The van der Waals surface area contributed by atoms with Crippen LogP contribution in [0.3, 0.4) is 0 Å². The number of carbonyl (C=O) groups excluding carboxylic acids is 1. The van der Waals surface area contributed by atoms with E-state index in [2.05, 4.69) is 11.9 Å². The van der Waals surface area contributed by atoms with Crippen molar-refractivity contribution in [1.82, 2.24) is 10.2 Å². The molecule has 0 saturated carbocycles. The number of carboxylic acids is 1. The second-order valence-corrected chi connectivity index (χ2v) is 5.31. The lowest BCUT2D eigenvalue weighted by Gasteiger charge is -2.46. The van der Waals surface area contributed by atoms with Crippen LogP contribution in [-0.2, 0) is 16.1 Å². The Labute approximate surface area is 134 Å². The minimum absolute atomic E-state index is 0.0640. The Morgan fingerprint density at radius 1 is 1.39 bits per heavy atom. The molecular weight excluding hydrogens is 300 g/mol. The van der Waals surface area contributed by atoms with Crippen LogP contribution in [0.4, 0.5) is 4.79 Å². The van der Waals surface area contributed by atoms with Crippen molar-refractivity contribution >= 4 is 12.1 Å². The van der Waals surface area contributed by atoms with Crippen molar-refractivity contribution in [2.75, 3.05) is 26.8 Å². The van der Waals surface area contributed by atoms with Crippen molar-refractivity contribution in [2.24, 2.45) is 0 Å². The fourth-order valence-electron chi connectivity index (χ4n) is 2.29. The molecule has 0 bridgehead atoms. The molecule has 7 heteroatoms. The Hall–Kier alpha value is -2.54. The molecule has 1 aromatic rings. The molecule has 1 aliphatic heterocycles. The molecule has 0 aromatic heterocycles. The van der Waals surface area contributed by atoms with Gasteiger partial charge in [0.15, 0.2) is 5.54 Å². The lowest BCUT2D eigenvalue weighted by atomic mass is 9.90. The Kier molecular flexibility index (Phi) is 5.23. The summed E-state index contributed by atoms with van der Waals surface area (Å²) in [7, 11) is 1.58. The predicted octanol–water partition coefficient (Wildman–Crippen LogP) is 1.25. The second kappa shape index (κ2) is 7.15. The summed E-state index contributed by atoms with van der Waals surface area (Å²) in [6.45, 7) is 4.07. The van der Waals surface area contributed by atoms with Crippen LogP contribution >= 0.6 is 0 Å². The number of hydrogen-bond donors (Lipinski definition) is 2. The third-order valence-electron chi connectivity index (χ3n) is 3.70. The highest BCUT2D eigenvalue weighted by Crippen LogP contribution is 2.23. The molecule has 0 unspecified atom stereocenters. The fraction of sp³-hybridized carbons (Fsp3) is 0.375. The summed E-state index contributed by atoms with van der Waals surface area (Å²) in [6.07, 6.45) is 0.928. The zero-order valence-corrected chi connectivity index (χ0v) is 12.9. The van der Waals surface area contributed by atoms with E-state index >= 15 is 0 Å². The number of rotatable bonds is 7. The standard InChI is InChI=1S/C16H20N2O5/c1-3-8-23-15(21)18-10-16(11-18,14(19)20)17-9-12-4-6-13(22-2)7-5-12/h3-7,17H,1,8-11H2,2H3,(H,19,20). The summed E-state index contributed by atoms with van der Waals surface area (Å²) >= 11 is 0. The van der Waals surface area contributed by atoms with E-state index in [0.717, 1.165) is 11.3 Å². The minimum atomic E-state index is -1.15. The highest BCUT2D eigenvalue weighted by molar-refractivity contribution is 5.84. The van der Waals surface area contributed by atoms with Gasteiger partial charge >= 0.3 is 12.1 Å². The first-order chi connectivity index (χ1) is 11.0. The molecule has 2 rings (SSSR count). The highest BCUT2D eigenvalue weighted by atomic mass is 16.6. The maximum absolute atomic E-state index is 11.7. The highest BCUT2D eigenvalue weighted by Gasteiger charge is 2.51. The average Bonchev–Trinajstić information content (AvgIpc) is 2.52. The monoisotopic (exact) mass is 320 g/mol. The smallest absolute Gasteiger partial charge is 0.410 e. The van der Waals surface area contributed by atoms with E-state index in [1.54, 1.807) is 7.11 Å². The molecule has 1 saturated heterocycles. The average molecular weight is 320 g/mol. The normalized spacial score (nSPS) is 15.4. The summed E-state index contributed by atoms with van der Waals surface area (Å²) in [6, 6.07) is 7.33. The van der Waals surface area contributed by atoms with Crippen molar-refractivity contribution in [2.45, 2.75) is 12.1 Å². The Bertz CT molecular complexity index is 579. The van der Waals surface area contributed by atoms with Crippen LogP contribution in [0.5, 0.6) is 5.75 Å². The first-order valence-electron chi connectivity index (χ1n) is 7.15. The van der Waals surface area contributed by atoms with Gasteiger partial charge < -0.3 is 19.5 Å². The number of nitrogens with one attached hydrogen (secondary N) is 1. The Balaban J connectivity index is 1.91. The molecule has 2 N–H and O–H groups in total. The molecule has 1 heterocycles. The van der Waals surface area contributed by atoms with Crippen LogP contribution in [0.1, 0.15) is 5.56 Å². The van der Waals surface area contributed by atoms with Crippen LogP contribution in [0.25, 0.3) is 0 Å². The van der Waals surface area contributed by atoms with Crippen molar-refractivity contribution in [3.05, 3.63) is 42.5 Å². The topological polar surface area (TPSA) is 88.1 Å². The van der Waals surface area contributed by atoms with E-state index in [-0.39, 0.29) is 19.7 Å². The quantitative estimate of drug-likeness (QED) is 0.735. The van der Waals surface area contributed by atoms with Crippen molar-refractivity contribution in [3.63, 3.8) is 0 Å². The molecule has 23 heavy (non-hydrogen) atoms. The van der Waals surface area contributed by atoms with Gasteiger partial charge in [0.25, 0.3) is 0 Å². The first-order valence-corrected chi connectivity index (χ1v) is 7.15. The summed E-state index contributed by atoms with van der Waals surface area (Å²) in [4.78, 5) is 24.5. The molecule has 1 fully saturated rings. The summed E-state index contributed by atoms with van der Waals surface area (Å²) in [5.41, 5.74) is -0.216. The number of ether oxygens (including phenoxy) is 2. The molecule has 0 aliphatic carbocycles. The molecule has 1 amide bonds. The van der Waals surface area contributed by atoms with Gasteiger partial charge in [0.1, 0.15) is 12.4 Å². The van der Waals surface area contributed by atoms with Gasteiger partial charge in [-0.25, -0.2) is 4.79 Å². The van der Waals surface area contributed by atoms with Gasteiger partial charge in [0.2, 0.25) is 0 Å². The maximum atomic E-state index is 11.7. The molecule has 7 nitrogen and oxygen atoms in total. The summed E-state index contributed by atoms with van der Waals surface area (Å²) in [5.74, 6) is -0.250. The number of aliphatic carboxylic acids is 1. The first kappa shape index (κ1) is 16.8. The molecular formula is C16H20N2O5. The number of amides is 1. The van der Waals surface area contributed by atoms with E-state index in [1.807, 2.05) is 24.3 Å². The van der Waals surface area contributed by atoms with Gasteiger partial charge in [-0.3, -0.25) is 10.1 Å². The van der Waals surface area contributed by atoms with E-state index in [0.29, 0.717) is 6.54 Å². The van der Waals surface area contributed by atoms with E-state index in [1.165, 1.54) is 11.0 Å². The molecule has 1 aliphatic rings. The molecule has 0 spiro atoms. The second-order valence-electron chi connectivity index (χ2n) is 5.31. The van der Waals surface area contributed by atoms with E-state index in [9.17, 15) is 14.7 Å². The molecule has 1 aromatic carbocycles. The number of carboxylic acid groups (broad SMARTS) is 1. The van der Waals surface area contributed by atoms with Gasteiger partial charge in [-0.05, 0) is 17.7 Å². The van der Waals surface area contributed by atoms with Crippen LogP contribution < -0.4 is 10.1 Å². The van der Waals surface area contributed by atoms with Crippen molar-refractivity contribution < 1.29 is 24.2 Å². The number of likely N-dealkylation sites (tertiary alicyclic amines) is 1. The number of carbonyl (C=O) groups is 2. The zero-order valence-electron chi connectivity index (χ0n) is 12.9. The third-order valence-corrected chi connectivity index (χ3v) is 3.70. The van der Waals surface area contributed by atoms with Crippen molar-refractivity contribution in [1.29, 1.82) is 0 Å². The number of benzene rings is 1. The van der Waals surface area contributed by atoms with Gasteiger partial charge in [-0.2, -0.15) is 0 Å². The van der Waals surface area contributed by atoms with Gasteiger partial charge in [0.05, 0.1) is 20.2 Å². The van der Waals surface area contributed by atoms with Crippen LogP contribution in [-0.4, -0.2) is 54.4 Å². The van der Waals surface area contributed by atoms with E-state index < -0.39 is 17.6 Å². The molecule has 0 atom stereocenters. The third kappa shape index (κ3) is 3.81. The van der Waals surface area contributed by atoms with E-state index in [4.69, 9.17) is 9.47 Å². The molecule has 124 valence electrons. The number of methoxy groups -OCH3 is 1. The minimum Gasteiger partial charge on any atom is -0.497 e. The predicted molar refractivity (Wildman–Crippen MR) is 83.3 cm³/mol. The lowest BCUT2D eigenvalue weighted by Crippen LogP contribution is -2.74. The maximum Gasteiger partial charge on any atom is 0.410 e. The SMILES string of the molecule is C=CCOC(=O)N1CC(NCc2ccc(OC)cc2)(C(=O)O)C1. The summed E-state index contributed by atoms with van der Waals surface area (Å²) < 4.78 is 9.97. The lowest BCUT2D eigenvalue weighted by molar-refractivity contribution is -0.151. The number of nitrogens with zero attached hydrogens (tertiary/aromatic N) is 1. The van der Waals surface area contributed by atoms with Gasteiger partial charge in [0, 0.05) is 6.54 Å². The number of hydrogen-bond acceptors (Lipinski definition) is 5. The Morgan fingerprint density at radius 2 is 2.04 bits per heavy atom. The summed E-state index contributed by atoms with van der Waals surface area (Å²) in [5, 5.41) is 12.5. The largest absolute Gasteiger partial charge is 0.497 e. The van der Waals surface area contributed by atoms with Crippen LogP contribution in [0.15, 0.2) is 36.9 Å². The van der Waals surface area contributed by atoms with Crippen LogP contribution in [0.2, 0.25) is 0 Å². The Morgan fingerprint density at radius 3 is 2.57 bits per heavy atom. The van der Waals surface area contributed by atoms with Gasteiger partial charge in [-0.15, -0.1) is 0 Å².